The maximum absolute atomic E-state index is 3.78. The standard InChI is InChI=1S/C21H34N4S/c1-2-6-20-18(5-1)7-8-21(26-20)23-11-16-25-14-9-19(17-25)22-10-15-24-12-3-4-13-24/h1-2,5-6,19,21-23H,3-4,7-17H2. The number of hydrogen-bond donors (Lipinski definition) is 2. The first kappa shape index (κ1) is 18.8. The van der Waals surface area contributed by atoms with Crippen LogP contribution in [0.2, 0.25) is 0 Å². The Kier molecular flexibility index (Phi) is 6.90. The maximum atomic E-state index is 3.78. The van der Waals surface area contributed by atoms with Gasteiger partial charge in [0.2, 0.25) is 0 Å². The molecule has 3 aliphatic heterocycles. The van der Waals surface area contributed by atoms with Gasteiger partial charge in [0.05, 0.1) is 5.37 Å². The predicted molar refractivity (Wildman–Crippen MR) is 111 cm³/mol. The molecule has 2 N–H and O–H groups in total. The first-order valence-electron chi connectivity index (χ1n) is 10.5. The summed E-state index contributed by atoms with van der Waals surface area (Å²) in [4.78, 5) is 6.70. The summed E-state index contributed by atoms with van der Waals surface area (Å²) in [5, 5.41) is 8.15. The predicted octanol–water partition coefficient (Wildman–Crippen LogP) is 2.40. The van der Waals surface area contributed by atoms with E-state index in [1.165, 1.54) is 81.8 Å². The minimum atomic E-state index is 0.585. The van der Waals surface area contributed by atoms with Crippen LogP contribution >= 0.6 is 11.8 Å². The lowest BCUT2D eigenvalue weighted by molar-refractivity contribution is 0.309. The van der Waals surface area contributed by atoms with Crippen LogP contribution in [0.4, 0.5) is 0 Å². The summed E-state index contributed by atoms with van der Waals surface area (Å²) in [6.45, 7) is 9.80. The zero-order valence-electron chi connectivity index (χ0n) is 16.0. The third-order valence-corrected chi connectivity index (χ3v) is 7.39. The van der Waals surface area contributed by atoms with Gasteiger partial charge in [-0.2, -0.15) is 0 Å². The van der Waals surface area contributed by atoms with E-state index in [1.807, 2.05) is 11.8 Å². The zero-order valence-corrected chi connectivity index (χ0v) is 16.8. The van der Waals surface area contributed by atoms with Crippen LogP contribution < -0.4 is 10.6 Å². The number of likely N-dealkylation sites (tertiary alicyclic amines) is 2. The minimum absolute atomic E-state index is 0.585. The van der Waals surface area contributed by atoms with Crippen LogP contribution in [-0.4, -0.2) is 73.6 Å². The lowest BCUT2D eigenvalue weighted by atomic mass is 10.1. The molecule has 2 fully saturated rings. The highest BCUT2D eigenvalue weighted by molar-refractivity contribution is 8.00. The number of nitrogens with zero attached hydrogens (tertiary/aromatic N) is 2. The molecule has 2 saturated heterocycles. The highest BCUT2D eigenvalue weighted by Gasteiger charge is 2.23. The summed E-state index contributed by atoms with van der Waals surface area (Å²) in [7, 11) is 0. The molecule has 1 aromatic rings. The average Bonchev–Trinajstić information content (AvgIpc) is 3.34. The van der Waals surface area contributed by atoms with E-state index in [2.05, 4.69) is 44.7 Å². The summed E-state index contributed by atoms with van der Waals surface area (Å²) in [5.74, 6) is 0. The van der Waals surface area contributed by atoms with E-state index in [9.17, 15) is 0 Å². The Bertz CT molecular complexity index is 561. The first-order chi connectivity index (χ1) is 12.9. The molecule has 4 rings (SSSR count). The van der Waals surface area contributed by atoms with Crippen LogP contribution in [0.5, 0.6) is 0 Å². The van der Waals surface area contributed by atoms with Crippen molar-refractivity contribution in [3.8, 4) is 0 Å². The van der Waals surface area contributed by atoms with Crippen LogP contribution in [0.15, 0.2) is 29.2 Å². The highest BCUT2D eigenvalue weighted by Crippen LogP contribution is 2.33. The second kappa shape index (κ2) is 9.56. The van der Waals surface area contributed by atoms with Crippen molar-refractivity contribution in [1.82, 2.24) is 20.4 Å². The van der Waals surface area contributed by atoms with Crippen molar-refractivity contribution in [3.63, 3.8) is 0 Å². The second-order valence-corrected chi connectivity index (χ2v) is 9.24. The minimum Gasteiger partial charge on any atom is -0.311 e. The molecule has 26 heavy (non-hydrogen) atoms. The third kappa shape index (κ3) is 5.23. The molecule has 0 saturated carbocycles. The molecule has 3 aliphatic rings. The van der Waals surface area contributed by atoms with Gasteiger partial charge in [-0.3, -0.25) is 0 Å². The highest BCUT2D eigenvalue weighted by atomic mass is 32.2. The van der Waals surface area contributed by atoms with Crippen LogP contribution in [0.3, 0.4) is 0 Å². The molecule has 2 unspecified atom stereocenters. The van der Waals surface area contributed by atoms with Gasteiger partial charge in [-0.05, 0) is 63.4 Å². The number of aryl methyl sites for hydroxylation is 1. The lowest BCUT2D eigenvalue weighted by Gasteiger charge is -2.26. The molecule has 4 nitrogen and oxygen atoms in total. The van der Waals surface area contributed by atoms with E-state index in [0.29, 0.717) is 11.4 Å². The van der Waals surface area contributed by atoms with Gasteiger partial charge in [0.1, 0.15) is 0 Å². The van der Waals surface area contributed by atoms with E-state index < -0.39 is 0 Å². The summed E-state index contributed by atoms with van der Waals surface area (Å²) >= 11 is 2.02. The Morgan fingerprint density at radius 2 is 1.73 bits per heavy atom. The Morgan fingerprint density at radius 3 is 2.65 bits per heavy atom. The Morgan fingerprint density at radius 1 is 0.923 bits per heavy atom. The number of benzene rings is 1. The fraction of sp³-hybridized carbons (Fsp3) is 0.714. The second-order valence-electron chi connectivity index (χ2n) is 8.00. The van der Waals surface area contributed by atoms with Gasteiger partial charge >= 0.3 is 0 Å². The van der Waals surface area contributed by atoms with E-state index in [1.54, 1.807) is 0 Å². The van der Waals surface area contributed by atoms with Crippen LogP contribution in [0, 0.1) is 0 Å². The number of nitrogens with one attached hydrogen (secondary N) is 2. The van der Waals surface area contributed by atoms with Gasteiger partial charge in [0, 0.05) is 43.7 Å². The summed E-state index contributed by atoms with van der Waals surface area (Å²) in [6.07, 6.45) is 6.58. The third-order valence-electron chi connectivity index (χ3n) is 6.05. The quantitative estimate of drug-likeness (QED) is 0.730. The molecule has 2 atom stereocenters. The molecule has 3 heterocycles. The molecular weight excluding hydrogens is 340 g/mol. The van der Waals surface area contributed by atoms with Crippen molar-refractivity contribution >= 4 is 11.8 Å². The molecule has 5 heteroatoms. The number of hydrogen-bond acceptors (Lipinski definition) is 5. The largest absolute Gasteiger partial charge is 0.311 e. The van der Waals surface area contributed by atoms with Gasteiger partial charge in [-0.1, -0.05) is 18.2 Å². The van der Waals surface area contributed by atoms with Gasteiger partial charge in [-0.15, -0.1) is 11.8 Å². The van der Waals surface area contributed by atoms with Crippen molar-refractivity contribution in [2.45, 2.75) is 48.4 Å². The molecule has 0 bridgehead atoms. The van der Waals surface area contributed by atoms with Gasteiger partial charge in [0.15, 0.2) is 0 Å². The molecule has 0 aromatic heterocycles. The molecule has 0 aliphatic carbocycles. The van der Waals surface area contributed by atoms with Gasteiger partial charge < -0.3 is 20.4 Å². The van der Waals surface area contributed by atoms with Crippen molar-refractivity contribution in [2.75, 3.05) is 52.4 Å². The Balaban J connectivity index is 1.09. The van der Waals surface area contributed by atoms with Gasteiger partial charge in [-0.25, -0.2) is 0 Å². The van der Waals surface area contributed by atoms with E-state index in [0.717, 1.165) is 13.1 Å². The molecule has 0 spiro atoms. The average molecular weight is 375 g/mol. The SMILES string of the molecule is c1ccc2c(c1)CCC(NCCN1CCC(NCCN3CCCC3)C1)S2. The van der Waals surface area contributed by atoms with Crippen molar-refractivity contribution in [3.05, 3.63) is 29.8 Å². The first-order valence-corrected chi connectivity index (χ1v) is 11.4. The Hall–Kier alpha value is -0.590. The monoisotopic (exact) mass is 374 g/mol. The zero-order chi connectivity index (χ0) is 17.6. The molecular formula is C21H34N4S. The molecule has 1 aromatic carbocycles. The van der Waals surface area contributed by atoms with E-state index in [-0.39, 0.29) is 0 Å². The Labute approximate surface area is 163 Å². The summed E-state index contributed by atoms with van der Waals surface area (Å²) < 4.78 is 0. The lowest BCUT2D eigenvalue weighted by Crippen LogP contribution is -2.39. The smallest absolute Gasteiger partial charge is 0.0583 e. The van der Waals surface area contributed by atoms with Crippen molar-refractivity contribution < 1.29 is 0 Å². The van der Waals surface area contributed by atoms with Crippen LogP contribution in [0.25, 0.3) is 0 Å². The number of thioether (sulfide) groups is 1. The van der Waals surface area contributed by atoms with Gasteiger partial charge in [0.25, 0.3) is 0 Å². The van der Waals surface area contributed by atoms with Crippen molar-refractivity contribution in [1.29, 1.82) is 0 Å². The maximum Gasteiger partial charge on any atom is 0.0583 e. The van der Waals surface area contributed by atoms with Crippen LogP contribution in [-0.2, 0) is 6.42 Å². The topological polar surface area (TPSA) is 30.5 Å². The van der Waals surface area contributed by atoms with Crippen molar-refractivity contribution in [2.24, 2.45) is 0 Å². The van der Waals surface area contributed by atoms with Crippen LogP contribution in [0.1, 0.15) is 31.2 Å². The fourth-order valence-electron chi connectivity index (χ4n) is 4.49. The fourth-order valence-corrected chi connectivity index (χ4v) is 5.71. The number of rotatable bonds is 8. The summed E-state index contributed by atoms with van der Waals surface area (Å²) in [5.41, 5.74) is 1.53. The van der Waals surface area contributed by atoms with E-state index >= 15 is 0 Å². The molecule has 0 radical (unpaired) electrons. The molecule has 144 valence electrons. The summed E-state index contributed by atoms with van der Waals surface area (Å²) in [6, 6.07) is 9.58. The molecule has 0 amide bonds. The normalized spacial score (nSPS) is 27.1. The number of fused-ring (bicyclic) bond motifs is 1. The van der Waals surface area contributed by atoms with E-state index in [4.69, 9.17) is 0 Å².